The van der Waals surface area contributed by atoms with Crippen LogP contribution in [0, 0.1) is 0 Å². The van der Waals surface area contributed by atoms with Crippen molar-refractivity contribution in [1.29, 1.82) is 0 Å². The van der Waals surface area contributed by atoms with Gasteiger partial charge in [-0.3, -0.25) is 19.4 Å². The second-order valence-corrected chi connectivity index (χ2v) is 8.54. The molecule has 0 radical (unpaired) electrons. The smallest absolute Gasteiger partial charge is 0.234 e. The quantitative estimate of drug-likeness (QED) is 0.633. The Bertz CT molecular complexity index is 495. The van der Waals surface area contributed by atoms with Gasteiger partial charge in [0.1, 0.15) is 0 Å². The molecule has 7 heteroatoms. The molecular weight excluding hydrogens is 342 g/mol. The molecule has 2 N–H and O–H groups in total. The maximum atomic E-state index is 12.4. The number of likely N-dealkylation sites (tertiary alicyclic amines) is 1. The fraction of sp³-hybridized carbons (Fsp3) is 0.900. The Morgan fingerprint density at radius 3 is 1.96 bits per heavy atom. The summed E-state index contributed by atoms with van der Waals surface area (Å²) in [7, 11) is 0. The molecule has 2 aliphatic heterocycles. The van der Waals surface area contributed by atoms with Gasteiger partial charge < -0.3 is 15.5 Å². The molecule has 0 aromatic heterocycles. The summed E-state index contributed by atoms with van der Waals surface area (Å²) in [6.45, 7) is 10.7. The van der Waals surface area contributed by atoms with Crippen LogP contribution in [0.15, 0.2) is 0 Å². The highest BCUT2D eigenvalue weighted by molar-refractivity contribution is 5.79. The van der Waals surface area contributed by atoms with Crippen LogP contribution in [0.5, 0.6) is 0 Å². The Balaban J connectivity index is 1.28. The first-order valence-corrected chi connectivity index (χ1v) is 10.8. The number of nitrogens with zero attached hydrogens (tertiary/aromatic N) is 3. The van der Waals surface area contributed by atoms with Crippen LogP contribution >= 0.6 is 0 Å². The van der Waals surface area contributed by atoms with Crippen molar-refractivity contribution in [3.8, 4) is 0 Å². The predicted octanol–water partition coefficient (Wildman–Crippen LogP) is 0.262. The van der Waals surface area contributed by atoms with Crippen molar-refractivity contribution in [1.82, 2.24) is 25.3 Å². The molecule has 1 aliphatic carbocycles. The molecule has 0 aromatic carbocycles. The van der Waals surface area contributed by atoms with E-state index in [1.165, 1.54) is 12.8 Å². The van der Waals surface area contributed by atoms with E-state index in [0.717, 1.165) is 64.6 Å². The first-order valence-electron chi connectivity index (χ1n) is 10.8. The van der Waals surface area contributed by atoms with Crippen LogP contribution in [-0.4, -0.2) is 97.0 Å². The topological polar surface area (TPSA) is 67.9 Å². The van der Waals surface area contributed by atoms with Gasteiger partial charge in [-0.25, -0.2) is 0 Å². The predicted molar refractivity (Wildman–Crippen MR) is 107 cm³/mol. The third-order valence-corrected chi connectivity index (χ3v) is 6.18. The number of hydrogen-bond donors (Lipinski definition) is 2. The Labute approximate surface area is 163 Å². The molecule has 1 unspecified atom stereocenters. The largest absolute Gasteiger partial charge is 0.353 e. The second-order valence-electron chi connectivity index (χ2n) is 8.54. The normalized spacial score (nSPS) is 24.5. The fourth-order valence-corrected chi connectivity index (χ4v) is 4.06. The number of nitrogens with one attached hydrogen (secondary N) is 2. The minimum absolute atomic E-state index is 0.105. The number of rotatable bonds is 8. The lowest BCUT2D eigenvalue weighted by Crippen LogP contribution is -2.53. The summed E-state index contributed by atoms with van der Waals surface area (Å²) >= 11 is 0. The minimum Gasteiger partial charge on any atom is -0.353 e. The first-order chi connectivity index (χ1) is 13.0. The van der Waals surface area contributed by atoms with E-state index in [9.17, 15) is 9.59 Å². The van der Waals surface area contributed by atoms with Gasteiger partial charge in [0.25, 0.3) is 0 Å². The highest BCUT2D eigenvalue weighted by Gasteiger charge is 2.32. The Morgan fingerprint density at radius 2 is 1.44 bits per heavy atom. The van der Waals surface area contributed by atoms with Crippen LogP contribution in [-0.2, 0) is 9.59 Å². The molecule has 2 heterocycles. The van der Waals surface area contributed by atoms with Crippen LogP contribution in [0.25, 0.3) is 0 Å². The maximum Gasteiger partial charge on any atom is 0.234 e. The van der Waals surface area contributed by atoms with Gasteiger partial charge in [-0.2, -0.15) is 0 Å². The standard InChI is InChI=1S/C20H37N5O2/c1-3-16(2)21-19(26)14-23-10-12-24(13-11-23)15-20(27)22-17-6-8-25(9-7-17)18-4-5-18/h16-18H,3-15H2,1-2H3,(H,21,26)(H,22,27). The Kier molecular flexibility index (Phi) is 7.49. The van der Waals surface area contributed by atoms with Crippen molar-refractivity contribution < 1.29 is 9.59 Å². The Morgan fingerprint density at radius 1 is 0.889 bits per heavy atom. The molecule has 7 nitrogen and oxygen atoms in total. The van der Waals surface area contributed by atoms with E-state index in [2.05, 4.69) is 32.3 Å². The van der Waals surface area contributed by atoms with Crippen LogP contribution < -0.4 is 10.6 Å². The first kappa shape index (κ1) is 20.6. The molecule has 3 aliphatic rings. The van der Waals surface area contributed by atoms with Crippen molar-refractivity contribution in [2.24, 2.45) is 0 Å². The third kappa shape index (κ3) is 6.73. The molecule has 1 saturated carbocycles. The molecule has 3 rings (SSSR count). The molecule has 0 spiro atoms. The third-order valence-electron chi connectivity index (χ3n) is 6.18. The number of piperazine rings is 1. The average molecular weight is 380 g/mol. The molecule has 1 atom stereocenters. The fourth-order valence-electron chi connectivity index (χ4n) is 4.06. The highest BCUT2D eigenvalue weighted by atomic mass is 16.2. The lowest BCUT2D eigenvalue weighted by molar-refractivity contribution is -0.125. The number of piperidine rings is 1. The van der Waals surface area contributed by atoms with E-state index in [4.69, 9.17) is 0 Å². The molecule has 3 fully saturated rings. The van der Waals surface area contributed by atoms with Gasteiger partial charge in [0.2, 0.25) is 11.8 Å². The lowest BCUT2D eigenvalue weighted by Gasteiger charge is -2.35. The van der Waals surface area contributed by atoms with Crippen LogP contribution in [0.1, 0.15) is 46.0 Å². The average Bonchev–Trinajstić information content (AvgIpc) is 3.49. The molecule has 27 heavy (non-hydrogen) atoms. The zero-order valence-corrected chi connectivity index (χ0v) is 17.1. The maximum absolute atomic E-state index is 12.4. The molecular formula is C20H37N5O2. The van der Waals surface area contributed by atoms with Crippen molar-refractivity contribution >= 4 is 11.8 Å². The van der Waals surface area contributed by atoms with Gasteiger partial charge in [0, 0.05) is 57.4 Å². The summed E-state index contributed by atoms with van der Waals surface area (Å²) in [5.74, 6) is 0.260. The zero-order chi connectivity index (χ0) is 19.2. The molecule has 154 valence electrons. The van der Waals surface area contributed by atoms with E-state index in [0.29, 0.717) is 19.1 Å². The van der Waals surface area contributed by atoms with Crippen LogP contribution in [0.3, 0.4) is 0 Å². The summed E-state index contributed by atoms with van der Waals surface area (Å²) < 4.78 is 0. The van der Waals surface area contributed by atoms with Crippen LogP contribution in [0.2, 0.25) is 0 Å². The van der Waals surface area contributed by atoms with E-state index in [-0.39, 0.29) is 17.9 Å². The number of carbonyl (C=O) groups excluding carboxylic acids is 2. The van der Waals surface area contributed by atoms with Gasteiger partial charge in [0.05, 0.1) is 13.1 Å². The monoisotopic (exact) mass is 379 g/mol. The molecule has 0 aromatic rings. The van der Waals surface area contributed by atoms with Gasteiger partial charge in [-0.1, -0.05) is 6.92 Å². The van der Waals surface area contributed by atoms with Crippen molar-refractivity contribution in [2.45, 2.75) is 64.1 Å². The number of amides is 2. The SMILES string of the molecule is CCC(C)NC(=O)CN1CCN(CC(=O)NC2CCN(C3CC3)CC2)CC1. The summed E-state index contributed by atoms with van der Waals surface area (Å²) in [5.41, 5.74) is 0. The summed E-state index contributed by atoms with van der Waals surface area (Å²) in [5, 5.41) is 6.25. The second kappa shape index (κ2) is 9.85. The van der Waals surface area contributed by atoms with Gasteiger partial charge >= 0.3 is 0 Å². The Hall–Kier alpha value is -1.18. The zero-order valence-electron chi connectivity index (χ0n) is 17.1. The highest BCUT2D eigenvalue weighted by Crippen LogP contribution is 2.29. The molecule has 0 bridgehead atoms. The summed E-state index contributed by atoms with van der Waals surface area (Å²) in [6.07, 6.45) is 5.85. The molecule has 2 amide bonds. The summed E-state index contributed by atoms with van der Waals surface area (Å²) in [4.78, 5) is 31.3. The van der Waals surface area contributed by atoms with E-state index < -0.39 is 0 Å². The van der Waals surface area contributed by atoms with Gasteiger partial charge in [-0.15, -0.1) is 0 Å². The van der Waals surface area contributed by atoms with Crippen molar-refractivity contribution in [3.05, 3.63) is 0 Å². The van der Waals surface area contributed by atoms with Gasteiger partial charge in [0.15, 0.2) is 0 Å². The molecule has 2 saturated heterocycles. The van der Waals surface area contributed by atoms with Gasteiger partial charge in [-0.05, 0) is 39.0 Å². The number of hydrogen-bond acceptors (Lipinski definition) is 5. The van der Waals surface area contributed by atoms with Crippen LogP contribution in [0.4, 0.5) is 0 Å². The summed E-state index contributed by atoms with van der Waals surface area (Å²) in [6, 6.07) is 1.42. The minimum atomic E-state index is 0.105. The van der Waals surface area contributed by atoms with E-state index in [1.54, 1.807) is 0 Å². The van der Waals surface area contributed by atoms with Crippen molar-refractivity contribution in [2.75, 3.05) is 52.4 Å². The number of carbonyl (C=O) groups is 2. The van der Waals surface area contributed by atoms with E-state index in [1.807, 2.05) is 6.92 Å². The van der Waals surface area contributed by atoms with Crippen molar-refractivity contribution in [3.63, 3.8) is 0 Å². The lowest BCUT2D eigenvalue weighted by atomic mass is 10.0. The van der Waals surface area contributed by atoms with E-state index >= 15 is 0 Å².